The van der Waals surface area contributed by atoms with Crippen LogP contribution >= 0.6 is 0 Å². The molecule has 0 spiro atoms. The topological polar surface area (TPSA) is 49.4 Å². The molecule has 8 heteroatoms. The van der Waals surface area contributed by atoms with Crippen molar-refractivity contribution in [1.29, 1.82) is 0 Å². The van der Waals surface area contributed by atoms with E-state index < -0.39 is 23.6 Å². The van der Waals surface area contributed by atoms with Crippen LogP contribution in [0.5, 0.6) is 0 Å². The van der Waals surface area contributed by atoms with E-state index in [1.165, 1.54) is 35.2 Å². The van der Waals surface area contributed by atoms with Crippen LogP contribution in [-0.2, 0) is 22.2 Å². The number of carbonyl (C=O) groups is 2. The van der Waals surface area contributed by atoms with Gasteiger partial charge in [0.15, 0.2) is 0 Å². The van der Waals surface area contributed by atoms with Gasteiger partial charge in [-0.2, -0.15) is 13.2 Å². The summed E-state index contributed by atoms with van der Waals surface area (Å²) in [7, 11) is 0. The number of likely N-dealkylation sites (tertiary alicyclic amines) is 1. The van der Waals surface area contributed by atoms with Crippen molar-refractivity contribution in [2.24, 2.45) is 5.92 Å². The second kappa shape index (κ2) is 8.00. The Kier molecular flexibility index (Phi) is 5.67. The molecule has 1 atom stereocenters. The fourth-order valence-corrected chi connectivity index (χ4v) is 3.15. The molecule has 0 aliphatic carbocycles. The van der Waals surface area contributed by atoms with E-state index in [1.807, 2.05) is 0 Å². The number of hydrogen-bond acceptors (Lipinski definition) is 2. The van der Waals surface area contributed by atoms with Gasteiger partial charge in [0.25, 0.3) is 0 Å². The van der Waals surface area contributed by atoms with Crippen LogP contribution in [0.2, 0.25) is 0 Å². The number of nitrogens with one attached hydrogen (secondary N) is 1. The average Bonchev–Trinajstić information content (AvgIpc) is 3.02. The third-order valence-electron chi connectivity index (χ3n) is 4.66. The number of para-hydroxylation sites is 1. The Morgan fingerprint density at radius 3 is 2.46 bits per heavy atom. The zero-order valence-electron chi connectivity index (χ0n) is 14.8. The Morgan fingerprint density at radius 2 is 1.79 bits per heavy atom. The molecule has 0 bridgehead atoms. The molecule has 1 saturated heterocycles. The lowest BCUT2D eigenvalue weighted by molar-refractivity contribution is -0.137. The Morgan fingerprint density at radius 1 is 1.11 bits per heavy atom. The van der Waals surface area contributed by atoms with Gasteiger partial charge in [-0.3, -0.25) is 9.59 Å². The minimum Gasteiger partial charge on any atom is -0.342 e. The summed E-state index contributed by atoms with van der Waals surface area (Å²) < 4.78 is 52.1. The third-order valence-corrected chi connectivity index (χ3v) is 4.66. The minimum atomic E-state index is -4.59. The van der Waals surface area contributed by atoms with Crippen LogP contribution in [0.15, 0.2) is 48.5 Å². The Balaban J connectivity index is 1.60. The van der Waals surface area contributed by atoms with Gasteiger partial charge in [-0.05, 0) is 36.2 Å². The number of benzene rings is 2. The van der Waals surface area contributed by atoms with Crippen molar-refractivity contribution in [2.45, 2.75) is 19.0 Å². The van der Waals surface area contributed by atoms with Crippen molar-refractivity contribution >= 4 is 17.5 Å². The third kappa shape index (κ3) is 4.68. The molecule has 1 fully saturated rings. The van der Waals surface area contributed by atoms with E-state index in [1.54, 1.807) is 12.1 Å². The predicted octanol–water partition coefficient (Wildman–Crippen LogP) is 3.87. The molecule has 0 unspecified atom stereocenters. The molecule has 3 rings (SSSR count). The van der Waals surface area contributed by atoms with Crippen LogP contribution < -0.4 is 5.32 Å². The first-order valence-corrected chi connectivity index (χ1v) is 8.73. The molecule has 2 aromatic carbocycles. The van der Waals surface area contributed by atoms with Gasteiger partial charge in [0.05, 0.1) is 17.2 Å². The van der Waals surface area contributed by atoms with Crippen LogP contribution in [0, 0.1) is 11.7 Å². The molecule has 1 aliphatic heterocycles. The van der Waals surface area contributed by atoms with Crippen LogP contribution in [0.3, 0.4) is 0 Å². The second-order valence-corrected chi connectivity index (χ2v) is 6.65. The molecule has 2 amide bonds. The summed E-state index contributed by atoms with van der Waals surface area (Å²) in [6.45, 7) is 0.493. The van der Waals surface area contributed by atoms with Gasteiger partial charge in [-0.1, -0.05) is 24.3 Å². The van der Waals surface area contributed by atoms with E-state index in [-0.39, 0.29) is 30.4 Å². The molecule has 0 saturated carbocycles. The first kappa shape index (κ1) is 19.9. The normalized spacial score (nSPS) is 17.1. The first-order valence-electron chi connectivity index (χ1n) is 8.73. The highest BCUT2D eigenvalue weighted by atomic mass is 19.4. The highest BCUT2D eigenvalue weighted by Crippen LogP contribution is 2.35. The lowest BCUT2D eigenvalue weighted by Crippen LogP contribution is -2.30. The standard InChI is InChI=1S/C20H18F4N2O2/c21-15-7-5-13(6-8-15)9-10-26-12-14(11-18(26)27)19(28)25-17-4-2-1-3-16(17)20(22,23)24/h1-8,14H,9-12H2,(H,25,28)/t14-/m0/s1. The van der Waals surface area contributed by atoms with E-state index >= 15 is 0 Å². The van der Waals surface area contributed by atoms with E-state index in [0.717, 1.165) is 11.6 Å². The SMILES string of the molecule is O=C(Nc1ccccc1C(F)(F)F)[C@H]1CC(=O)N(CCc2ccc(F)cc2)C1. The fourth-order valence-electron chi connectivity index (χ4n) is 3.15. The van der Waals surface area contributed by atoms with Gasteiger partial charge in [-0.25, -0.2) is 4.39 Å². The van der Waals surface area contributed by atoms with E-state index in [2.05, 4.69) is 5.32 Å². The average molecular weight is 394 g/mol. The van der Waals surface area contributed by atoms with Crippen LogP contribution in [0.1, 0.15) is 17.5 Å². The quantitative estimate of drug-likeness (QED) is 0.783. The van der Waals surface area contributed by atoms with E-state index in [4.69, 9.17) is 0 Å². The molecule has 28 heavy (non-hydrogen) atoms. The monoisotopic (exact) mass is 394 g/mol. The van der Waals surface area contributed by atoms with Crippen LogP contribution in [0.4, 0.5) is 23.2 Å². The van der Waals surface area contributed by atoms with Crippen molar-refractivity contribution < 1.29 is 27.2 Å². The van der Waals surface area contributed by atoms with Crippen molar-refractivity contribution in [3.8, 4) is 0 Å². The van der Waals surface area contributed by atoms with Gasteiger partial charge >= 0.3 is 6.18 Å². The van der Waals surface area contributed by atoms with Crippen molar-refractivity contribution in [2.75, 3.05) is 18.4 Å². The van der Waals surface area contributed by atoms with Gasteiger partial charge in [0, 0.05) is 19.5 Å². The molecular formula is C20H18F4N2O2. The molecule has 2 aromatic rings. The molecule has 148 valence electrons. The maximum Gasteiger partial charge on any atom is 0.418 e. The van der Waals surface area contributed by atoms with Crippen LogP contribution in [0.25, 0.3) is 0 Å². The molecule has 4 nitrogen and oxygen atoms in total. The van der Waals surface area contributed by atoms with Gasteiger partial charge in [-0.15, -0.1) is 0 Å². The number of hydrogen-bond donors (Lipinski definition) is 1. The predicted molar refractivity (Wildman–Crippen MR) is 94.9 cm³/mol. The highest BCUT2D eigenvalue weighted by Gasteiger charge is 2.37. The minimum absolute atomic E-state index is 0.0521. The molecule has 0 aromatic heterocycles. The van der Waals surface area contributed by atoms with E-state index in [0.29, 0.717) is 13.0 Å². The summed E-state index contributed by atoms with van der Waals surface area (Å²) in [4.78, 5) is 26.1. The number of amides is 2. The maximum absolute atomic E-state index is 13.0. The Labute approximate surface area is 159 Å². The molecule has 1 aliphatic rings. The van der Waals surface area contributed by atoms with Crippen LogP contribution in [-0.4, -0.2) is 29.8 Å². The van der Waals surface area contributed by atoms with Crippen molar-refractivity contribution in [1.82, 2.24) is 4.90 Å². The number of halogens is 4. The van der Waals surface area contributed by atoms with Gasteiger partial charge < -0.3 is 10.2 Å². The lowest BCUT2D eigenvalue weighted by Gasteiger charge is -2.17. The zero-order chi connectivity index (χ0) is 20.3. The smallest absolute Gasteiger partial charge is 0.342 e. The maximum atomic E-state index is 13.0. The largest absolute Gasteiger partial charge is 0.418 e. The summed E-state index contributed by atoms with van der Waals surface area (Å²) in [5.41, 5.74) is -0.403. The number of carbonyl (C=O) groups excluding carboxylic acids is 2. The highest BCUT2D eigenvalue weighted by molar-refractivity contribution is 5.97. The summed E-state index contributed by atoms with van der Waals surface area (Å²) in [6, 6.07) is 10.6. The molecular weight excluding hydrogens is 376 g/mol. The van der Waals surface area contributed by atoms with Gasteiger partial charge in [0.2, 0.25) is 11.8 Å². The Bertz CT molecular complexity index is 865. The van der Waals surface area contributed by atoms with Crippen molar-refractivity contribution in [3.05, 3.63) is 65.5 Å². The zero-order valence-corrected chi connectivity index (χ0v) is 14.8. The second-order valence-electron chi connectivity index (χ2n) is 6.65. The Hall–Kier alpha value is -2.90. The molecule has 0 radical (unpaired) electrons. The molecule has 1 heterocycles. The van der Waals surface area contributed by atoms with Gasteiger partial charge in [0.1, 0.15) is 5.82 Å². The summed E-state index contributed by atoms with van der Waals surface area (Å²) in [5.74, 6) is -1.92. The number of anilines is 1. The number of rotatable bonds is 5. The summed E-state index contributed by atoms with van der Waals surface area (Å²) in [5, 5.41) is 2.30. The number of nitrogens with zero attached hydrogens (tertiary/aromatic N) is 1. The fraction of sp³-hybridized carbons (Fsp3) is 0.300. The summed E-state index contributed by atoms with van der Waals surface area (Å²) >= 11 is 0. The van der Waals surface area contributed by atoms with E-state index in [9.17, 15) is 27.2 Å². The lowest BCUT2D eigenvalue weighted by atomic mass is 10.1. The molecule has 1 N–H and O–H groups in total. The van der Waals surface area contributed by atoms with Crippen molar-refractivity contribution in [3.63, 3.8) is 0 Å². The summed E-state index contributed by atoms with van der Waals surface area (Å²) in [6.07, 6.45) is -4.14. The number of alkyl halides is 3. The first-order chi connectivity index (χ1) is 13.2.